The van der Waals surface area contributed by atoms with Crippen molar-refractivity contribution in [1.29, 1.82) is 0 Å². The predicted octanol–water partition coefficient (Wildman–Crippen LogP) is 1.32. The van der Waals surface area contributed by atoms with Crippen LogP contribution in [-0.4, -0.2) is 25.3 Å². The standard InChI is InChI=1S/C11H14FN3O2/c12-8-2-1-3-9(13)10(8)15-11(16)14-7-4-5-17-6-7/h1-3,7H,4-6,13H2,(H2,14,15,16). The number of nitrogens with two attached hydrogens (primary N) is 1. The molecule has 1 fully saturated rings. The zero-order valence-electron chi connectivity index (χ0n) is 9.20. The van der Waals surface area contributed by atoms with E-state index in [4.69, 9.17) is 10.5 Å². The molecule has 0 saturated carbocycles. The summed E-state index contributed by atoms with van der Waals surface area (Å²) in [6.07, 6.45) is 0.764. The van der Waals surface area contributed by atoms with Crippen molar-refractivity contribution >= 4 is 17.4 Å². The molecule has 0 spiro atoms. The van der Waals surface area contributed by atoms with Gasteiger partial charge in [0.15, 0.2) is 0 Å². The molecule has 1 unspecified atom stereocenters. The lowest BCUT2D eigenvalue weighted by Crippen LogP contribution is -2.38. The fraction of sp³-hybridized carbons (Fsp3) is 0.364. The van der Waals surface area contributed by atoms with E-state index in [0.29, 0.717) is 13.2 Å². The minimum atomic E-state index is -0.553. The smallest absolute Gasteiger partial charge is 0.319 e. The third-order valence-corrected chi connectivity index (χ3v) is 2.55. The number of benzene rings is 1. The highest BCUT2D eigenvalue weighted by atomic mass is 19.1. The van der Waals surface area contributed by atoms with Crippen molar-refractivity contribution < 1.29 is 13.9 Å². The van der Waals surface area contributed by atoms with Gasteiger partial charge in [0.25, 0.3) is 0 Å². The Morgan fingerprint density at radius 2 is 2.35 bits per heavy atom. The average molecular weight is 239 g/mol. The van der Waals surface area contributed by atoms with Crippen LogP contribution in [0.5, 0.6) is 0 Å². The van der Waals surface area contributed by atoms with Crippen molar-refractivity contribution in [1.82, 2.24) is 5.32 Å². The first-order valence-corrected chi connectivity index (χ1v) is 5.36. The van der Waals surface area contributed by atoms with Crippen LogP contribution in [0.15, 0.2) is 18.2 Å². The summed E-state index contributed by atoms with van der Waals surface area (Å²) in [4.78, 5) is 11.6. The van der Waals surface area contributed by atoms with Crippen LogP contribution in [-0.2, 0) is 4.74 Å². The van der Waals surface area contributed by atoms with Crippen molar-refractivity contribution in [2.45, 2.75) is 12.5 Å². The number of para-hydroxylation sites is 1. The molecule has 2 rings (SSSR count). The lowest BCUT2D eigenvalue weighted by Gasteiger charge is -2.13. The molecule has 0 aliphatic carbocycles. The lowest BCUT2D eigenvalue weighted by atomic mass is 10.2. The molecule has 1 saturated heterocycles. The summed E-state index contributed by atoms with van der Waals surface area (Å²) in [5.41, 5.74) is 5.77. The van der Waals surface area contributed by atoms with Crippen molar-refractivity contribution in [2.75, 3.05) is 24.3 Å². The zero-order valence-corrected chi connectivity index (χ0v) is 9.20. The van der Waals surface area contributed by atoms with E-state index in [9.17, 15) is 9.18 Å². The quantitative estimate of drug-likeness (QED) is 0.681. The summed E-state index contributed by atoms with van der Waals surface area (Å²) in [5, 5.41) is 5.08. The van der Waals surface area contributed by atoms with E-state index in [1.807, 2.05) is 0 Å². The molecule has 0 radical (unpaired) electrons. The number of urea groups is 1. The number of hydrogen-bond acceptors (Lipinski definition) is 3. The summed E-state index contributed by atoms with van der Waals surface area (Å²) in [5.74, 6) is -0.553. The highest BCUT2D eigenvalue weighted by molar-refractivity contribution is 5.92. The van der Waals surface area contributed by atoms with Crippen molar-refractivity contribution in [3.63, 3.8) is 0 Å². The molecule has 92 valence electrons. The normalized spacial score (nSPS) is 19.0. The molecular weight excluding hydrogens is 225 g/mol. The largest absolute Gasteiger partial charge is 0.397 e. The van der Waals surface area contributed by atoms with Gasteiger partial charge in [-0.05, 0) is 18.6 Å². The van der Waals surface area contributed by atoms with Gasteiger partial charge in [0.1, 0.15) is 11.5 Å². The number of rotatable bonds is 2. The van der Waals surface area contributed by atoms with Gasteiger partial charge in [-0.3, -0.25) is 0 Å². The van der Waals surface area contributed by atoms with Gasteiger partial charge >= 0.3 is 6.03 Å². The molecule has 1 aliphatic heterocycles. The van der Waals surface area contributed by atoms with Crippen LogP contribution in [0.2, 0.25) is 0 Å². The van der Waals surface area contributed by atoms with Gasteiger partial charge < -0.3 is 21.1 Å². The Labute approximate surface area is 98.1 Å². The Bertz CT molecular complexity index is 399. The monoisotopic (exact) mass is 239 g/mol. The number of carbonyl (C=O) groups excluding carboxylic acids is 1. The molecule has 6 heteroatoms. The Balaban J connectivity index is 1.97. The van der Waals surface area contributed by atoms with Crippen LogP contribution in [0.25, 0.3) is 0 Å². The third-order valence-electron chi connectivity index (χ3n) is 2.55. The first kappa shape index (κ1) is 11.7. The number of amides is 2. The summed E-state index contributed by atoms with van der Waals surface area (Å²) in [6.45, 7) is 1.12. The number of nitrogen functional groups attached to an aromatic ring is 1. The van der Waals surface area contributed by atoms with E-state index in [0.717, 1.165) is 6.42 Å². The fourth-order valence-electron chi connectivity index (χ4n) is 1.66. The van der Waals surface area contributed by atoms with E-state index in [2.05, 4.69) is 10.6 Å². The Kier molecular flexibility index (Phi) is 3.43. The van der Waals surface area contributed by atoms with E-state index in [1.54, 1.807) is 0 Å². The number of nitrogens with one attached hydrogen (secondary N) is 2. The topological polar surface area (TPSA) is 76.4 Å². The first-order chi connectivity index (χ1) is 8.16. The predicted molar refractivity (Wildman–Crippen MR) is 62.2 cm³/mol. The number of halogens is 1. The third kappa shape index (κ3) is 2.85. The summed E-state index contributed by atoms with van der Waals surface area (Å²) in [6, 6.07) is 3.75. The second kappa shape index (κ2) is 5.01. The molecule has 4 N–H and O–H groups in total. The SMILES string of the molecule is Nc1cccc(F)c1NC(=O)NC1CCOC1. The number of ether oxygens (including phenoxy) is 1. The molecule has 0 aromatic heterocycles. The minimum Gasteiger partial charge on any atom is -0.397 e. The molecule has 1 atom stereocenters. The van der Waals surface area contributed by atoms with Crippen LogP contribution >= 0.6 is 0 Å². The van der Waals surface area contributed by atoms with Crippen molar-refractivity contribution in [3.05, 3.63) is 24.0 Å². The highest BCUT2D eigenvalue weighted by Gasteiger charge is 2.18. The summed E-state index contributed by atoms with van der Waals surface area (Å²) >= 11 is 0. The summed E-state index contributed by atoms with van der Waals surface area (Å²) < 4.78 is 18.5. The summed E-state index contributed by atoms with van der Waals surface area (Å²) in [7, 11) is 0. The van der Waals surface area contributed by atoms with E-state index in [1.165, 1.54) is 18.2 Å². The second-order valence-electron chi connectivity index (χ2n) is 3.86. The van der Waals surface area contributed by atoms with Gasteiger partial charge in [-0.1, -0.05) is 6.07 Å². The Morgan fingerprint density at radius 1 is 1.53 bits per heavy atom. The minimum absolute atomic E-state index is 0.00363. The zero-order chi connectivity index (χ0) is 12.3. The second-order valence-corrected chi connectivity index (χ2v) is 3.86. The van der Waals surface area contributed by atoms with Gasteiger partial charge in [-0.25, -0.2) is 9.18 Å². The molecule has 1 aromatic carbocycles. The van der Waals surface area contributed by atoms with Gasteiger partial charge in [0.2, 0.25) is 0 Å². The fourth-order valence-corrected chi connectivity index (χ4v) is 1.66. The maximum Gasteiger partial charge on any atom is 0.319 e. The molecule has 1 aromatic rings. The van der Waals surface area contributed by atoms with E-state index in [-0.39, 0.29) is 17.4 Å². The number of hydrogen-bond donors (Lipinski definition) is 3. The number of anilines is 2. The van der Waals surface area contributed by atoms with Crippen molar-refractivity contribution in [3.8, 4) is 0 Å². The van der Waals surface area contributed by atoms with Gasteiger partial charge in [0.05, 0.1) is 18.3 Å². The molecule has 17 heavy (non-hydrogen) atoms. The highest BCUT2D eigenvalue weighted by Crippen LogP contribution is 2.21. The van der Waals surface area contributed by atoms with Crippen LogP contribution in [0.3, 0.4) is 0 Å². The molecule has 2 amide bonds. The maximum absolute atomic E-state index is 13.4. The Morgan fingerprint density at radius 3 is 3.00 bits per heavy atom. The Hall–Kier alpha value is -1.82. The van der Waals surface area contributed by atoms with Crippen LogP contribution < -0.4 is 16.4 Å². The van der Waals surface area contributed by atoms with Crippen LogP contribution in [0, 0.1) is 5.82 Å². The molecule has 5 nitrogen and oxygen atoms in total. The van der Waals surface area contributed by atoms with Crippen LogP contribution in [0.4, 0.5) is 20.6 Å². The van der Waals surface area contributed by atoms with Gasteiger partial charge in [-0.2, -0.15) is 0 Å². The number of carbonyl (C=O) groups is 1. The van der Waals surface area contributed by atoms with Gasteiger partial charge in [-0.15, -0.1) is 0 Å². The van der Waals surface area contributed by atoms with Gasteiger partial charge in [0, 0.05) is 6.61 Å². The molecule has 1 heterocycles. The van der Waals surface area contributed by atoms with E-state index >= 15 is 0 Å². The molecule has 1 aliphatic rings. The molecular formula is C11H14FN3O2. The maximum atomic E-state index is 13.4. The first-order valence-electron chi connectivity index (χ1n) is 5.36. The van der Waals surface area contributed by atoms with Crippen molar-refractivity contribution in [2.24, 2.45) is 0 Å². The van der Waals surface area contributed by atoms with E-state index < -0.39 is 11.8 Å². The average Bonchev–Trinajstić information content (AvgIpc) is 2.76. The van der Waals surface area contributed by atoms with Crippen LogP contribution in [0.1, 0.15) is 6.42 Å². The molecule has 0 bridgehead atoms. The lowest BCUT2D eigenvalue weighted by molar-refractivity contribution is 0.189.